The third-order valence-corrected chi connectivity index (χ3v) is 1.62. The molecule has 3 N–H and O–H groups in total. The lowest BCUT2D eigenvalue weighted by Crippen LogP contribution is -2.12. The molecule has 0 saturated heterocycles. The van der Waals surface area contributed by atoms with Gasteiger partial charge in [0.05, 0.1) is 11.9 Å². The molecule has 0 amide bonds. The molecule has 0 radical (unpaired) electrons. The Morgan fingerprint density at radius 3 is 2.27 bits per heavy atom. The number of hydrogen-bond acceptors (Lipinski definition) is 3. The summed E-state index contributed by atoms with van der Waals surface area (Å²) in [6, 6.07) is 0. The number of aromatic hydroxyl groups is 1. The van der Waals surface area contributed by atoms with Crippen molar-refractivity contribution < 1.29 is 27.1 Å². The van der Waals surface area contributed by atoms with Gasteiger partial charge in [0, 0.05) is 0 Å². The first-order valence-electron chi connectivity index (χ1n) is 3.57. The predicted molar refractivity (Wildman–Crippen MR) is 40.3 cm³/mol. The highest BCUT2D eigenvalue weighted by Gasteiger charge is 2.38. The van der Waals surface area contributed by atoms with Gasteiger partial charge in [-0.2, -0.15) is 13.2 Å². The summed E-state index contributed by atoms with van der Waals surface area (Å²) in [6.07, 6.45) is -7.94. The van der Waals surface area contributed by atoms with E-state index >= 15 is 0 Å². The normalized spacial score (nSPS) is 12.1. The molecule has 0 aliphatic carbocycles. The highest BCUT2D eigenvalue weighted by Crippen LogP contribution is 2.41. The van der Waals surface area contributed by atoms with Crippen LogP contribution in [0.4, 0.5) is 27.6 Å². The van der Waals surface area contributed by atoms with E-state index in [1.807, 2.05) is 0 Å². The lowest BCUT2D eigenvalue weighted by Gasteiger charge is -2.13. The van der Waals surface area contributed by atoms with Gasteiger partial charge in [-0.1, -0.05) is 0 Å². The first-order valence-corrected chi connectivity index (χ1v) is 3.57. The van der Waals surface area contributed by atoms with Gasteiger partial charge in [-0.25, -0.2) is 13.8 Å². The van der Waals surface area contributed by atoms with Gasteiger partial charge < -0.3 is 10.8 Å². The van der Waals surface area contributed by atoms with E-state index in [1.54, 1.807) is 0 Å². The van der Waals surface area contributed by atoms with E-state index in [4.69, 9.17) is 10.8 Å². The number of aromatic nitrogens is 1. The van der Waals surface area contributed by atoms with Crippen LogP contribution in [0.3, 0.4) is 0 Å². The van der Waals surface area contributed by atoms with E-state index in [0.717, 1.165) is 0 Å². The molecule has 8 heteroatoms. The van der Waals surface area contributed by atoms with Crippen LogP contribution in [0.5, 0.6) is 5.75 Å². The minimum atomic E-state index is -5.00. The highest BCUT2D eigenvalue weighted by atomic mass is 19.4. The van der Waals surface area contributed by atoms with Gasteiger partial charge in [-0.15, -0.1) is 0 Å². The van der Waals surface area contributed by atoms with Crippen LogP contribution in [-0.4, -0.2) is 10.1 Å². The first-order chi connectivity index (χ1) is 6.75. The fourth-order valence-corrected chi connectivity index (χ4v) is 1.00. The van der Waals surface area contributed by atoms with E-state index in [1.165, 1.54) is 0 Å². The van der Waals surface area contributed by atoms with E-state index in [-0.39, 0.29) is 0 Å². The summed E-state index contributed by atoms with van der Waals surface area (Å²) >= 11 is 0. The fourth-order valence-electron chi connectivity index (χ4n) is 1.00. The summed E-state index contributed by atoms with van der Waals surface area (Å²) in [6.45, 7) is 0. The second-order valence-electron chi connectivity index (χ2n) is 2.62. The Hall–Kier alpha value is -1.60. The summed E-state index contributed by atoms with van der Waals surface area (Å²) < 4.78 is 61.0. The standard InChI is InChI=1S/C7H5F5N2O/c8-6(9)5-4(13)3(7(10,11)12)2(15)1-14-5/h1,6,15H,13H2. The molecule has 0 fully saturated rings. The Balaban J connectivity index is 3.44. The van der Waals surface area contributed by atoms with Crippen LogP contribution in [0.25, 0.3) is 0 Å². The molecule has 0 aromatic carbocycles. The van der Waals surface area contributed by atoms with Crippen molar-refractivity contribution in [2.75, 3.05) is 5.73 Å². The molecule has 0 saturated carbocycles. The molecule has 0 atom stereocenters. The van der Waals surface area contributed by atoms with Crippen molar-refractivity contribution in [2.45, 2.75) is 12.6 Å². The van der Waals surface area contributed by atoms with Gasteiger partial charge in [0.1, 0.15) is 17.0 Å². The zero-order chi connectivity index (χ0) is 11.8. The first kappa shape index (κ1) is 11.5. The minimum absolute atomic E-state index is 0.292. The number of anilines is 1. The Labute approximate surface area is 80.3 Å². The summed E-state index contributed by atoms with van der Waals surface area (Å²) in [5, 5.41) is 8.83. The second kappa shape index (κ2) is 3.52. The molecular weight excluding hydrogens is 223 g/mol. The van der Waals surface area contributed by atoms with Gasteiger partial charge in [-0.05, 0) is 0 Å². The summed E-state index contributed by atoms with van der Waals surface area (Å²) in [5.41, 5.74) is 0.715. The smallest absolute Gasteiger partial charge is 0.422 e. The van der Waals surface area contributed by atoms with E-state index in [9.17, 15) is 22.0 Å². The topological polar surface area (TPSA) is 59.1 Å². The molecule has 1 rings (SSSR count). The third kappa shape index (κ3) is 2.08. The Morgan fingerprint density at radius 2 is 1.87 bits per heavy atom. The monoisotopic (exact) mass is 228 g/mol. The third-order valence-electron chi connectivity index (χ3n) is 1.62. The Bertz CT molecular complexity index is 376. The molecule has 0 aliphatic rings. The lowest BCUT2D eigenvalue weighted by atomic mass is 10.1. The summed E-state index contributed by atoms with van der Waals surface area (Å²) in [4.78, 5) is 2.93. The average molecular weight is 228 g/mol. The van der Waals surface area contributed by atoms with Crippen molar-refractivity contribution in [2.24, 2.45) is 0 Å². The predicted octanol–water partition coefficient (Wildman–Crippen LogP) is 2.33. The molecule has 1 aromatic heterocycles. The van der Waals surface area contributed by atoms with Crippen LogP contribution in [0, 0.1) is 0 Å². The van der Waals surface area contributed by atoms with Crippen molar-refractivity contribution in [3.63, 3.8) is 0 Å². The van der Waals surface area contributed by atoms with Crippen molar-refractivity contribution in [3.8, 4) is 5.75 Å². The Kier molecular flexibility index (Phi) is 2.69. The largest absolute Gasteiger partial charge is 0.506 e. The van der Waals surface area contributed by atoms with Crippen molar-refractivity contribution >= 4 is 5.69 Å². The maximum absolute atomic E-state index is 12.2. The molecule has 0 spiro atoms. The lowest BCUT2D eigenvalue weighted by molar-refractivity contribution is -0.138. The summed E-state index contributed by atoms with van der Waals surface area (Å²) in [5.74, 6) is -1.27. The molecule has 0 bridgehead atoms. The number of halogens is 5. The van der Waals surface area contributed by atoms with Crippen LogP contribution in [-0.2, 0) is 6.18 Å². The van der Waals surface area contributed by atoms with Gasteiger partial charge in [0.15, 0.2) is 0 Å². The van der Waals surface area contributed by atoms with E-state index in [0.29, 0.717) is 6.20 Å². The SMILES string of the molecule is Nc1c(C(F)F)ncc(O)c1C(F)(F)F. The van der Waals surface area contributed by atoms with Gasteiger partial charge in [0.25, 0.3) is 6.43 Å². The molecule has 1 aromatic rings. The molecule has 1 heterocycles. The van der Waals surface area contributed by atoms with Crippen molar-refractivity contribution in [1.29, 1.82) is 0 Å². The van der Waals surface area contributed by atoms with Crippen LogP contribution in [0.1, 0.15) is 17.7 Å². The van der Waals surface area contributed by atoms with Crippen LogP contribution < -0.4 is 5.73 Å². The maximum atomic E-state index is 12.2. The molecular formula is C7H5F5N2O. The number of nitrogen functional groups attached to an aromatic ring is 1. The quantitative estimate of drug-likeness (QED) is 0.725. The number of nitrogens with zero attached hydrogens (tertiary/aromatic N) is 1. The fraction of sp³-hybridized carbons (Fsp3) is 0.286. The number of hydrogen-bond donors (Lipinski definition) is 2. The number of pyridine rings is 1. The van der Waals surface area contributed by atoms with E-state index in [2.05, 4.69) is 4.98 Å². The molecule has 3 nitrogen and oxygen atoms in total. The zero-order valence-electron chi connectivity index (χ0n) is 7.02. The zero-order valence-corrected chi connectivity index (χ0v) is 7.02. The molecule has 15 heavy (non-hydrogen) atoms. The van der Waals surface area contributed by atoms with Crippen LogP contribution >= 0.6 is 0 Å². The van der Waals surface area contributed by atoms with Crippen LogP contribution in [0.2, 0.25) is 0 Å². The minimum Gasteiger partial charge on any atom is -0.506 e. The van der Waals surface area contributed by atoms with Gasteiger partial charge >= 0.3 is 6.18 Å². The molecule has 84 valence electrons. The van der Waals surface area contributed by atoms with Gasteiger partial charge in [-0.3, -0.25) is 0 Å². The highest BCUT2D eigenvalue weighted by molar-refractivity contribution is 5.58. The second-order valence-corrected chi connectivity index (χ2v) is 2.62. The van der Waals surface area contributed by atoms with Crippen LogP contribution in [0.15, 0.2) is 6.20 Å². The average Bonchev–Trinajstić information content (AvgIpc) is 2.00. The van der Waals surface area contributed by atoms with Crippen molar-refractivity contribution in [3.05, 3.63) is 17.5 Å². The van der Waals surface area contributed by atoms with Gasteiger partial charge in [0.2, 0.25) is 0 Å². The maximum Gasteiger partial charge on any atom is 0.422 e. The number of alkyl halides is 5. The number of rotatable bonds is 1. The van der Waals surface area contributed by atoms with E-state index < -0.39 is 35.3 Å². The molecule has 0 unspecified atom stereocenters. The van der Waals surface area contributed by atoms with Crippen molar-refractivity contribution in [1.82, 2.24) is 4.98 Å². The number of nitrogens with two attached hydrogens (primary N) is 1. The summed E-state index contributed by atoms with van der Waals surface area (Å²) in [7, 11) is 0. The Morgan fingerprint density at radius 1 is 1.33 bits per heavy atom. The molecule has 0 aliphatic heterocycles.